The molecule has 1 aromatic heterocycles. The van der Waals surface area contributed by atoms with Gasteiger partial charge < -0.3 is 5.32 Å². The molecule has 0 radical (unpaired) electrons. The van der Waals surface area contributed by atoms with Crippen molar-refractivity contribution in [3.63, 3.8) is 0 Å². The molecule has 1 N–H and O–H groups in total. The molecule has 110 valence electrons. The number of aryl methyl sites for hydroxylation is 1. The van der Waals surface area contributed by atoms with E-state index in [4.69, 9.17) is 0 Å². The zero-order chi connectivity index (χ0) is 15.4. The van der Waals surface area contributed by atoms with E-state index in [9.17, 15) is 13.6 Å². The van der Waals surface area contributed by atoms with Crippen molar-refractivity contribution in [3.05, 3.63) is 47.3 Å². The maximum absolute atomic E-state index is 13.4. The lowest BCUT2D eigenvalue weighted by Crippen LogP contribution is -2.16. The maximum Gasteiger partial charge on any atom is 0.229 e. The molecule has 1 aromatic carbocycles. The molecule has 2 aromatic rings. The minimum atomic E-state index is -0.811. The Morgan fingerprint density at radius 1 is 1.38 bits per heavy atom. The third-order valence-corrected chi connectivity index (χ3v) is 3.36. The topological polar surface area (TPSA) is 54.9 Å². The first-order valence-corrected chi connectivity index (χ1v) is 7.33. The van der Waals surface area contributed by atoms with E-state index in [2.05, 4.69) is 15.3 Å². The highest BCUT2D eigenvalue weighted by Crippen LogP contribution is 2.16. The molecule has 0 aliphatic carbocycles. The number of hydrogen-bond acceptors (Lipinski definition) is 4. The van der Waals surface area contributed by atoms with Gasteiger partial charge in [0.25, 0.3) is 0 Å². The van der Waals surface area contributed by atoms with E-state index >= 15 is 0 Å². The summed E-state index contributed by atoms with van der Waals surface area (Å²) in [5.74, 6) is -1.92. The van der Waals surface area contributed by atoms with Gasteiger partial charge in [-0.3, -0.25) is 4.79 Å². The second kappa shape index (κ2) is 6.62. The summed E-state index contributed by atoms with van der Waals surface area (Å²) in [7, 11) is 0. The van der Waals surface area contributed by atoms with Gasteiger partial charge in [0.15, 0.2) is 5.16 Å². The van der Waals surface area contributed by atoms with E-state index in [-0.39, 0.29) is 12.1 Å². The number of amides is 1. The molecular weight excluding hydrogens is 296 g/mol. The first-order chi connectivity index (χ1) is 9.99. The standard InChI is InChI=1S/C14H13F2N3OS/c1-8-9(7-17-14(18-8)21-2)5-13(20)19-12-4-3-10(15)6-11(12)16/h3-4,6-7H,5H2,1-2H3,(H,19,20). The third-order valence-electron chi connectivity index (χ3n) is 2.80. The molecule has 1 amide bonds. The highest BCUT2D eigenvalue weighted by Gasteiger charge is 2.11. The molecule has 1 heterocycles. The van der Waals surface area contributed by atoms with Crippen LogP contribution in [0.25, 0.3) is 0 Å². The van der Waals surface area contributed by atoms with Gasteiger partial charge in [-0.25, -0.2) is 18.7 Å². The number of anilines is 1. The molecule has 21 heavy (non-hydrogen) atoms. The molecule has 0 fully saturated rings. The van der Waals surface area contributed by atoms with Crippen molar-refractivity contribution in [2.45, 2.75) is 18.5 Å². The first kappa shape index (κ1) is 15.4. The van der Waals surface area contributed by atoms with Gasteiger partial charge in [0.05, 0.1) is 12.1 Å². The Bertz CT molecular complexity index is 679. The summed E-state index contributed by atoms with van der Waals surface area (Å²) in [6.07, 6.45) is 3.46. The molecule has 7 heteroatoms. The van der Waals surface area contributed by atoms with Gasteiger partial charge >= 0.3 is 0 Å². The predicted octanol–water partition coefficient (Wildman–Crippen LogP) is 2.97. The average molecular weight is 309 g/mol. The van der Waals surface area contributed by atoms with Gasteiger partial charge in [-0.1, -0.05) is 11.8 Å². The third kappa shape index (κ3) is 3.98. The number of carbonyl (C=O) groups excluding carboxylic acids is 1. The van der Waals surface area contributed by atoms with Gasteiger partial charge in [-0.05, 0) is 25.3 Å². The number of benzene rings is 1. The van der Waals surface area contributed by atoms with Crippen molar-refractivity contribution in [2.75, 3.05) is 11.6 Å². The van der Waals surface area contributed by atoms with Crippen molar-refractivity contribution in [3.8, 4) is 0 Å². The quantitative estimate of drug-likeness (QED) is 0.697. The number of hydrogen-bond donors (Lipinski definition) is 1. The van der Waals surface area contributed by atoms with Gasteiger partial charge in [-0.2, -0.15) is 0 Å². The van der Waals surface area contributed by atoms with Gasteiger partial charge in [-0.15, -0.1) is 0 Å². The predicted molar refractivity (Wildman–Crippen MR) is 77.2 cm³/mol. The van der Waals surface area contributed by atoms with Gasteiger partial charge in [0, 0.05) is 23.5 Å². The summed E-state index contributed by atoms with van der Waals surface area (Å²) in [6, 6.07) is 2.99. The number of nitrogens with one attached hydrogen (secondary N) is 1. The minimum Gasteiger partial charge on any atom is -0.323 e. The normalized spacial score (nSPS) is 10.5. The van der Waals surface area contributed by atoms with Gasteiger partial charge in [0.2, 0.25) is 5.91 Å². The summed E-state index contributed by atoms with van der Waals surface area (Å²) in [4.78, 5) is 20.2. The summed E-state index contributed by atoms with van der Waals surface area (Å²) in [5, 5.41) is 3.03. The number of halogens is 2. The Hall–Kier alpha value is -2.02. The van der Waals surface area contributed by atoms with Crippen LogP contribution in [-0.4, -0.2) is 22.1 Å². The molecule has 0 aliphatic heterocycles. The maximum atomic E-state index is 13.4. The van der Waals surface area contributed by atoms with Crippen LogP contribution in [0, 0.1) is 18.6 Å². The van der Waals surface area contributed by atoms with E-state index < -0.39 is 17.5 Å². The van der Waals surface area contributed by atoms with Crippen LogP contribution in [0.2, 0.25) is 0 Å². The Balaban J connectivity index is 2.08. The Morgan fingerprint density at radius 2 is 2.14 bits per heavy atom. The number of carbonyl (C=O) groups is 1. The summed E-state index contributed by atoms with van der Waals surface area (Å²) in [5.41, 5.74) is 1.30. The Morgan fingerprint density at radius 3 is 2.76 bits per heavy atom. The van der Waals surface area contributed by atoms with E-state index in [1.165, 1.54) is 17.8 Å². The summed E-state index contributed by atoms with van der Waals surface area (Å²) >= 11 is 1.41. The van der Waals surface area contributed by atoms with E-state index in [0.29, 0.717) is 16.4 Å². The highest BCUT2D eigenvalue weighted by molar-refractivity contribution is 7.98. The molecule has 0 unspecified atom stereocenters. The molecule has 0 spiro atoms. The monoisotopic (exact) mass is 309 g/mol. The second-order valence-electron chi connectivity index (χ2n) is 4.32. The van der Waals surface area contributed by atoms with E-state index in [1.807, 2.05) is 6.26 Å². The van der Waals surface area contributed by atoms with Crippen molar-refractivity contribution >= 4 is 23.4 Å². The number of rotatable bonds is 4. The van der Waals surface area contributed by atoms with Crippen LogP contribution >= 0.6 is 11.8 Å². The molecule has 0 atom stereocenters. The van der Waals surface area contributed by atoms with Crippen molar-refractivity contribution in [2.24, 2.45) is 0 Å². The number of nitrogens with zero attached hydrogens (tertiary/aromatic N) is 2. The van der Waals surface area contributed by atoms with Crippen LogP contribution in [0.5, 0.6) is 0 Å². The smallest absolute Gasteiger partial charge is 0.229 e. The summed E-state index contributed by atoms with van der Waals surface area (Å²) < 4.78 is 26.2. The van der Waals surface area contributed by atoms with Crippen molar-refractivity contribution < 1.29 is 13.6 Å². The second-order valence-corrected chi connectivity index (χ2v) is 5.09. The number of aromatic nitrogens is 2. The molecule has 2 rings (SSSR count). The molecule has 4 nitrogen and oxygen atoms in total. The molecule has 0 aliphatic rings. The van der Waals surface area contributed by atoms with Crippen LogP contribution in [0.1, 0.15) is 11.3 Å². The zero-order valence-corrected chi connectivity index (χ0v) is 12.3. The minimum absolute atomic E-state index is 0.0251. The van der Waals surface area contributed by atoms with E-state index in [1.54, 1.807) is 13.1 Å². The van der Waals surface area contributed by atoms with Crippen LogP contribution in [0.4, 0.5) is 14.5 Å². The fraction of sp³-hybridized carbons (Fsp3) is 0.214. The fourth-order valence-electron chi connectivity index (χ4n) is 1.70. The van der Waals surface area contributed by atoms with Crippen molar-refractivity contribution in [1.82, 2.24) is 9.97 Å². The highest BCUT2D eigenvalue weighted by atomic mass is 32.2. The average Bonchev–Trinajstić information content (AvgIpc) is 2.44. The van der Waals surface area contributed by atoms with Crippen LogP contribution in [0.15, 0.2) is 29.6 Å². The van der Waals surface area contributed by atoms with Crippen LogP contribution in [0.3, 0.4) is 0 Å². The Labute approximate surface area is 125 Å². The molecular formula is C14H13F2N3OS. The Kier molecular flexibility index (Phi) is 4.85. The van der Waals surface area contributed by atoms with Gasteiger partial charge in [0.1, 0.15) is 11.6 Å². The molecule has 0 saturated carbocycles. The zero-order valence-electron chi connectivity index (χ0n) is 11.5. The molecule has 0 bridgehead atoms. The lowest BCUT2D eigenvalue weighted by Gasteiger charge is -2.08. The SMILES string of the molecule is CSc1ncc(CC(=O)Nc2ccc(F)cc2F)c(C)n1. The molecule has 0 saturated heterocycles. The first-order valence-electron chi connectivity index (χ1n) is 6.11. The lowest BCUT2D eigenvalue weighted by molar-refractivity contribution is -0.115. The number of thioether (sulfide) groups is 1. The van der Waals surface area contributed by atoms with Crippen LogP contribution in [-0.2, 0) is 11.2 Å². The largest absolute Gasteiger partial charge is 0.323 e. The van der Waals surface area contributed by atoms with E-state index in [0.717, 1.165) is 12.1 Å². The van der Waals surface area contributed by atoms with Crippen molar-refractivity contribution in [1.29, 1.82) is 0 Å². The van der Waals surface area contributed by atoms with Crippen LogP contribution < -0.4 is 5.32 Å². The summed E-state index contributed by atoms with van der Waals surface area (Å²) in [6.45, 7) is 1.78. The lowest BCUT2D eigenvalue weighted by atomic mass is 10.1. The fourth-order valence-corrected chi connectivity index (χ4v) is 2.09.